The Morgan fingerprint density at radius 2 is 1.74 bits per heavy atom. The van der Waals surface area contributed by atoms with Gasteiger partial charge < -0.3 is 5.32 Å². The van der Waals surface area contributed by atoms with E-state index >= 15 is 0 Å². The lowest BCUT2D eigenvalue weighted by molar-refractivity contribution is -0.113. The summed E-state index contributed by atoms with van der Waals surface area (Å²) in [6.07, 6.45) is 0.702. The Hall–Kier alpha value is -2.90. The third-order valence-corrected chi connectivity index (χ3v) is 6.55. The van der Waals surface area contributed by atoms with Gasteiger partial charge in [-0.3, -0.25) is 9.36 Å². The highest BCUT2D eigenvalue weighted by atomic mass is 32.2. The molecule has 0 saturated carbocycles. The van der Waals surface area contributed by atoms with Crippen LogP contribution in [0.5, 0.6) is 0 Å². The number of carbonyl (C=O) groups is 1. The van der Waals surface area contributed by atoms with Crippen molar-refractivity contribution >= 4 is 34.7 Å². The molecule has 5 nitrogen and oxygen atoms in total. The van der Waals surface area contributed by atoms with Crippen LogP contribution >= 0.6 is 23.1 Å². The van der Waals surface area contributed by atoms with Gasteiger partial charge >= 0.3 is 0 Å². The van der Waals surface area contributed by atoms with E-state index in [0.29, 0.717) is 11.6 Å². The van der Waals surface area contributed by atoms with Crippen molar-refractivity contribution in [3.8, 4) is 5.69 Å². The molecule has 0 radical (unpaired) electrons. The molecule has 7 heteroatoms. The average molecular weight is 449 g/mol. The van der Waals surface area contributed by atoms with E-state index in [9.17, 15) is 4.79 Å². The Kier molecular flexibility index (Phi) is 6.53. The zero-order valence-corrected chi connectivity index (χ0v) is 19.4. The molecule has 0 fully saturated rings. The lowest BCUT2D eigenvalue weighted by atomic mass is 10.1. The smallest absolute Gasteiger partial charge is 0.234 e. The molecule has 2 heterocycles. The van der Waals surface area contributed by atoms with E-state index < -0.39 is 0 Å². The number of rotatable bonds is 7. The summed E-state index contributed by atoms with van der Waals surface area (Å²) in [5.41, 5.74) is 5.26. The standard InChI is InChI=1S/C24H24N4OS2/c1-16-6-8-20(9-7-16)28-22(14-21-5-4-10-30-21)26-27-24(28)31-15-23(29)25-19-12-17(2)11-18(3)13-19/h4-13H,14-15H2,1-3H3,(H,25,29). The van der Waals surface area contributed by atoms with Crippen LogP contribution in [0.3, 0.4) is 0 Å². The number of hydrogen-bond acceptors (Lipinski definition) is 5. The SMILES string of the molecule is Cc1ccc(-n2c(Cc3cccs3)nnc2SCC(=O)Nc2cc(C)cc(C)c2)cc1. The van der Waals surface area contributed by atoms with Crippen LogP contribution in [0.2, 0.25) is 0 Å². The maximum absolute atomic E-state index is 12.6. The fourth-order valence-electron chi connectivity index (χ4n) is 3.40. The topological polar surface area (TPSA) is 59.8 Å². The highest BCUT2D eigenvalue weighted by Gasteiger charge is 2.17. The maximum atomic E-state index is 12.6. The molecule has 0 bridgehead atoms. The first kappa shape index (κ1) is 21.3. The highest BCUT2D eigenvalue weighted by molar-refractivity contribution is 7.99. The number of benzene rings is 2. The van der Waals surface area contributed by atoms with E-state index in [1.165, 1.54) is 22.2 Å². The van der Waals surface area contributed by atoms with Crippen LogP contribution in [-0.2, 0) is 11.2 Å². The van der Waals surface area contributed by atoms with E-state index in [2.05, 4.69) is 64.2 Å². The molecule has 158 valence electrons. The number of nitrogens with one attached hydrogen (secondary N) is 1. The van der Waals surface area contributed by atoms with Crippen molar-refractivity contribution in [2.75, 3.05) is 11.1 Å². The number of thiophene rings is 1. The highest BCUT2D eigenvalue weighted by Crippen LogP contribution is 2.25. The minimum Gasteiger partial charge on any atom is -0.325 e. The van der Waals surface area contributed by atoms with Crippen LogP contribution in [0.15, 0.2) is 65.1 Å². The van der Waals surface area contributed by atoms with E-state index in [0.717, 1.165) is 28.3 Å². The van der Waals surface area contributed by atoms with E-state index in [1.54, 1.807) is 11.3 Å². The van der Waals surface area contributed by atoms with Crippen molar-refractivity contribution in [3.63, 3.8) is 0 Å². The second kappa shape index (κ2) is 9.49. The van der Waals surface area contributed by atoms with Crippen LogP contribution in [-0.4, -0.2) is 26.4 Å². The number of nitrogens with zero attached hydrogens (tertiary/aromatic N) is 3. The van der Waals surface area contributed by atoms with Gasteiger partial charge in [0.15, 0.2) is 5.16 Å². The Morgan fingerprint density at radius 3 is 2.42 bits per heavy atom. The minimum atomic E-state index is -0.0618. The number of aryl methyl sites for hydroxylation is 3. The molecular formula is C24H24N4OS2. The van der Waals surface area contributed by atoms with E-state index in [4.69, 9.17) is 0 Å². The van der Waals surface area contributed by atoms with Gasteiger partial charge in [-0.15, -0.1) is 21.5 Å². The number of hydrogen-bond donors (Lipinski definition) is 1. The summed E-state index contributed by atoms with van der Waals surface area (Å²) >= 11 is 3.10. The lowest BCUT2D eigenvalue weighted by Gasteiger charge is -2.11. The number of amides is 1. The molecule has 2 aromatic carbocycles. The predicted octanol–water partition coefficient (Wildman–Crippen LogP) is 5.58. The van der Waals surface area contributed by atoms with Gasteiger partial charge in [0.25, 0.3) is 0 Å². The van der Waals surface area contributed by atoms with Gasteiger partial charge in [-0.2, -0.15) is 0 Å². The Bertz CT molecular complexity index is 1160. The maximum Gasteiger partial charge on any atom is 0.234 e. The van der Waals surface area contributed by atoms with E-state index in [-0.39, 0.29) is 11.7 Å². The molecule has 0 atom stereocenters. The Labute approximate surface area is 190 Å². The molecule has 2 aromatic heterocycles. The second-order valence-corrected chi connectivity index (χ2v) is 9.51. The zero-order valence-electron chi connectivity index (χ0n) is 17.8. The van der Waals surface area contributed by atoms with Gasteiger partial charge in [-0.05, 0) is 67.6 Å². The second-order valence-electron chi connectivity index (χ2n) is 7.54. The van der Waals surface area contributed by atoms with Crippen molar-refractivity contribution in [2.45, 2.75) is 32.3 Å². The van der Waals surface area contributed by atoms with Crippen LogP contribution in [0, 0.1) is 20.8 Å². The van der Waals surface area contributed by atoms with Crippen molar-refractivity contribution in [1.82, 2.24) is 14.8 Å². The summed E-state index contributed by atoms with van der Waals surface area (Å²) in [5, 5.41) is 14.6. The molecule has 1 N–H and O–H groups in total. The lowest BCUT2D eigenvalue weighted by Crippen LogP contribution is -2.15. The summed E-state index contributed by atoms with van der Waals surface area (Å²) in [4.78, 5) is 13.8. The van der Waals surface area contributed by atoms with Crippen LogP contribution in [0.4, 0.5) is 5.69 Å². The summed E-state index contributed by atoms with van der Waals surface area (Å²) in [5.74, 6) is 1.06. The van der Waals surface area contributed by atoms with Gasteiger partial charge in [0.05, 0.1) is 5.75 Å². The first-order chi connectivity index (χ1) is 15.0. The molecule has 1 amide bonds. The van der Waals surface area contributed by atoms with Crippen LogP contribution in [0.1, 0.15) is 27.4 Å². The number of thioether (sulfide) groups is 1. The molecule has 0 aliphatic heterocycles. The molecule has 4 rings (SSSR count). The number of aromatic nitrogens is 3. The molecule has 0 saturated heterocycles. The largest absolute Gasteiger partial charge is 0.325 e. The first-order valence-electron chi connectivity index (χ1n) is 10.0. The van der Waals surface area contributed by atoms with Crippen molar-refractivity contribution in [3.05, 3.63) is 87.4 Å². The van der Waals surface area contributed by atoms with Crippen LogP contribution < -0.4 is 5.32 Å². The zero-order chi connectivity index (χ0) is 21.8. The minimum absolute atomic E-state index is 0.0618. The van der Waals surface area contributed by atoms with Crippen molar-refractivity contribution in [1.29, 1.82) is 0 Å². The van der Waals surface area contributed by atoms with Gasteiger partial charge in [0, 0.05) is 22.7 Å². The van der Waals surface area contributed by atoms with Crippen LogP contribution in [0.25, 0.3) is 5.69 Å². The molecule has 4 aromatic rings. The number of carbonyl (C=O) groups excluding carboxylic acids is 1. The van der Waals surface area contributed by atoms with Crippen molar-refractivity contribution < 1.29 is 4.79 Å². The fourth-order valence-corrected chi connectivity index (χ4v) is 4.88. The summed E-state index contributed by atoms with van der Waals surface area (Å²) in [7, 11) is 0. The third kappa shape index (κ3) is 5.42. The molecular weight excluding hydrogens is 424 g/mol. The van der Waals surface area contributed by atoms with Crippen molar-refractivity contribution in [2.24, 2.45) is 0 Å². The van der Waals surface area contributed by atoms with Gasteiger partial charge in [0.2, 0.25) is 5.91 Å². The average Bonchev–Trinajstić information content (AvgIpc) is 3.37. The fraction of sp³-hybridized carbons (Fsp3) is 0.208. The van der Waals surface area contributed by atoms with Gasteiger partial charge in [-0.1, -0.05) is 41.6 Å². The van der Waals surface area contributed by atoms with Gasteiger partial charge in [0.1, 0.15) is 5.82 Å². The summed E-state index contributed by atoms with van der Waals surface area (Å²) in [6, 6.07) is 18.5. The predicted molar refractivity (Wildman–Crippen MR) is 128 cm³/mol. The summed E-state index contributed by atoms with van der Waals surface area (Å²) in [6.45, 7) is 6.11. The van der Waals surface area contributed by atoms with E-state index in [1.807, 2.05) is 36.6 Å². The first-order valence-corrected chi connectivity index (χ1v) is 11.9. The number of anilines is 1. The molecule has 0 aliphatic rings. The third-order valence-electron chi connectivity index (χ3n) is 4.74. The summed E-state index contributed by atoms with van der Waals surface area (Å²) < 4.78 is 2.05. The molecule has 0 aliphatic carbocycles. The quantitative estimate of drug-likeness (QED) is 0.375. The normalized spacial score (nSPS) is 10.9. The van der Waals surface area contributed by atoms with Gasteiger partial charge in [-0.25, -0.2) is 0 Å². The molecule has 31 heavy (non-hydrogen) atoms. The molecule has 0 spiro atoms. The molecule has 0 unspecified atom stereocenters. The Morgan fingerprint density at radius 1 is 1.00 bits per heavy atom. The monoisotopic (exact) mass is 448 g/mol. The Balaban J connectivity index is 1.53.